The van der Waals surface area contributed by atoms with Crippen LogP contribution in [0.2, 0.25) is 0 Å². The van der Waals surface area contributed by atoms with Gasteiger partial charge in [0.15, 0.2) is 6.61 Å². The summed E-state index contributed by atoms with van der Waals surface area (Å²) in [5.41, 5.74) is 0.0645. The molecule has 0 aliphatic rings. The molecule has 0 spiro atoms. The first-order chi connectivity index (χ1) is 12.5. The molecule has 1 amide bonds. The number of phenols is 2. The van der Waals surface area contributed by atoms with Gasteiger partial charge in [0.1, 0.15) is 28.1 Å². The largest absolute Gasteiger partial charge is 0.507 e. The van der Waals surface area contributed by atoms with Crippen LogP contribution >= 0.6 is 11.3 Å². The maximum Gasteiger partial charge on any atom is 0.342 e. The third-order valence-corrected chi connectivity index (χ3v) is 4.42. The van der Waals surface area contributed by atoms with Gasteiger partial charge in [-0.3, -0.25) is 4.79 Å². The zero-order valence-corrected chi connectivity index (χ0v) is 14.0. The lowest BCUT2D eigenvalue weighted by molar-refractivity contribution is -0.119. The fourth-order valence-electron chi connectivity index (χ4n) is 2.36. The second-order valence-electron chi connectivity index (χ2n) is 5.24. The number of phenolic OH excluding ortho intramolecular Hbond substituents is 2. The topological polar surface area (TPSA) is 120 Å². The van der Waals surface area contributed by atoms with Crippen LogP contribution in [-0.2, 0) is 9.53 Å². The van der Waals surface area contributed by atoms with E-state index in [9.17, 15) is 19.8 Å². The number of nitrogens with zero attached hydrogens (tertiary/aromatic N) is 1. The lowest BCUT2D eigenvalue weighted by Crippen LogP contribution is -2.20. The molecular formula is C18H12N2O5S. The Hall–Kier alpha value is -3.57. The van der Waals surface area contributed by atoms with E-state index in [0.29, 0.717) is 21.3 Å². The lowest BCUT2D eigenvalue weighted by atomic mass is 10.0. The van der Waals surface area contributed by atoms with Crippen molar-refractivity contribution in [3.8, 4) is 17.6 Å². The van der Waals surface area contributed by atoms with Gasteiger partial charge in [-0.1, -0.05) is 24.3 Å². The first-order valence-corrected chi connectivity index (χ1v) is 8.27. The number of anilines is 1. The SMILES string of the molecule is N#Cc1ccsc1NC(=O)COC(=O)c1cc(O)c2ccccc2c1O. The summed E-state index contributed by atoms with van der Waals surface area (Å²) >= 11 is 1.17. The molecule has 0 bridgehead atoms. The van der Waals surface area contributed by atoms with Crippen LogP contribution < -0.4 is 5.32 Å². The van der Waals surface area contributed by atoms with Crippen molar-refractivity contribution < 1.29 is 24.5 Å². The molecule has 8 heteroatoms. The number of thiophene rings is 1. The van der Waals surface area contributed by atoms with Crippen LogP contribution in [0.1, 0.15) is 15.9 Å². The summed E-state index contributed by atoms with van der Waals surface area (Å²) < 4.78 is 4.90. The number of rotatable bonds is 4. The molecule has 0 aliphatic heterocycles. The molecule has 0 atom stereocenters. The first kappa shape index (κ1) is 17.3. The Morgan fingerprint density at radius 1 is 1.19 bits per heavy atom. The number of amides is 1. The highest BCUT2D eigenvalue weighted by Gasteiger charge is 2.19. The Kier molecular flexibility index (Phi) is 4.73. The van der Waals surface area contributed by atoms with Crippen LogP contribution in [0, 0.1) is 11.3 Å². The van der Waals surface area contributed by atoms with Gasteiger partial charge in [-0.2, -0.15) is 5.26 Å². The average Bonchev–Trinajstić information content (AvgIpc) is 3.09. The van der Waals surface area contributed by atoms with E-state index < -0.39 is 18.5 Å². The molecule has 3 N–H and O–H groups in total. The number of fused-ring (bicyclic) bond motifs is 1. The number of benzene rings is 2. The van der Waals surface area contributed by atoms with Gasteiger partial charge in [-0.25, -0.2) is 4.79 Å². The monoisotopic (exact) mass is 368 g/mol. The molecule has 26 heavy (non-hydrogen) atoms. The summed E-state index contributed by atoms with van der Waals surface area (Å²) in [4.78, 5) is 24.0. The van der Waals surface area contributed by atoms with E-state index >= 15 is 0 Å². The van der Waals surface area contributed by atoms with E-state index in [1.807, 2.05) is 6.07 Å². The molecule has 0 fully saturated rings. The molecule has 0 radical (unpaired) electrons. The molecule has 0 aliphatic carbocycles. The molecule has 130 valence electrons. The van der Waals surface area contributed by atoms with Crippen molar-refractivity contribution in [3.05, 3.63) is 52.9 Å². The fraction of sp³-hybridized carbons (Fsp3) is 0.0556. The van der Waals surface area contributed by atoms with Crippen molar-refractivity contribution in [2.45, 2.75) is 0 Å². The van der Waals surface area contributed by atoms with Crippen LogP contribution in [0.25, 0.3) is 10.8 Å². The average molecular weight is 368 g/mol. The number of nitriles is 1. The van der Waals surface area contributed by atoms with Gasteiger partial charge in [-0.05, 0) is 17.5 Å². The first-order valence-electron chi connectivity index (χ1n) is 7.39. The molecule has 0 saturated heterocycles. The Labute approximate surface area is 151 Å². The Morgan fingerprint density at radius 2 is 1.92 bits per heavy atom. The minimum atomic E-state index is -0.953. The van der Waals surface area contributed by atoms with E-state index in [4.69, 9.17) is 10.00 Å². The molecule has 0 unspecified atom stereocenters. The Morgan fingerprint density at radius 3 is 2.65 bits per heavy atom. The predicted molar refractivity (Wildman–Crippen MR) is 95.2 cm³/mol. The quantitative estimate of drug-likeness (QED) is 0.481. The zero-order chi connectivity index (χ0) is 18.7. The number of hydrogen-bond donors (Lipinski definition) is 3. The van der Waals surface area contributed by atoms with E-state index in [1.54, 1.807) is 35.7 Å². The second kappa shape index (κ2) is 7.13. The molecule has 0 saturated carbocycles. The van der Waals surface area contributed by atoms with Gasteiger partial charge in [0.2, 0.25) is 0 Å². The van der Waals surface area contributed by atoms with E-state index in [1.165, 1.54) is 11.3 Å². The highest BCUT2D eigenvalue weighted by Crippen LogP contribution is 2.35. The van der Waals surface area contributed by atoms with Gasteiger partial charge in [0.05, 0.1) is 5.56 Å². The number of hydrogen-bond acceptors (Lipinski definition) is 7. The van der Waals surface area contributed by atoms with Crippen LogP contribution in [0.3, 0.4) is 0 Å². The number of aromatic hydroxyl groups is 2. The minimum absolute atomic E-state index is 0.188. The number of nitrogens with one attached hydrogen (secondary N) is 1. The summed E-state index contributed by atoms with van der Waals surface area (Å²) in [6.45, 7) is -0.603. The smallest absolute Gasteiger partial charge is 0.342 e. The molecule has 1 heterocycles. The van der Waals surface area contributed by atoms with Crippen LogP contribution in [0.15, 0.2) is 41.8 Å². The second-order valence-corrected chi connectivity index (χ2v) is 6.15. The van der Waals surface area contributed by atoms with Crippen LogP contribution in [0.5, 0.6) is 11.5 Å². The third-order valence-electron chi connectivity index (χ3n) is 3.59. The van der Waals surface area contributed by atoms with Crippen molar-refractivity contribution in [3.63, 3.8) is 0 Å². The summed E-state index contributed by atoms with van der Waals surface area (Å²) in [6.07, 6.45) is 0. The zero-order valence-electron chi connectivity index (χ0n) is 13.2. The van der Waals surface area contributed by atoms with Crippen molar-refractivity contribution in [2.75, 3.05) is 11.9 Å². The van der Waals surface area contributed by atoms with Gasteiger partial charge in [0, 0.05) is 10.8 Å². The number of ether oxygens (including phenoxy) is 1. The van der Waals surface area contributed by atoms with Crippen molar-refractivity contribution in [2.24, 2.45) is 0 Å². The number of carbonyl (C=O) groups is 2. The number of esters is 1. The van der Waals surface area contributed by atoms with Gasteiger partial charge in [-0.15, -0.1) is 11.3 Å². The Balaban J connectivity index is 1.73. The molecule has 3 aromatic rings. The summed E-state index contributed by atoms with van der Waals surface area (Å²) in [6, 6.07) is 11.1. The highest BCUT2D eigenvalue weighted by atomic mass is 32.1. The maximum absolute atomic E-state index is 12.2. The third kappa shape index (κ3) is 3.29. The fourth-order valence-corrected chi connectivity index (χ4v) is 3.12. The van der Waals surface area contributed by atoms with Crippen molar-refractivity contribution in [1.82, 2.24) is 0 Å². The molecule has 2 aromatic carbocycles. The van der Waals surface area contributed by atoms with Gasteiger partial charge < -0.3 is 20.3 Å². The van der Waals surface area contributed by atoms with Gasteiger partial charge >= 0.3 is 5.97 Å². The molecule has 1 aromatic heterocycles. The maximum atomic E-state index is 12.2. The minimum Gasteiger partial charge on any atom is -0.507 e. The van der Waals surface area contributed by atoms with E-state index in [-0.39, 0.29) is 17.1 Å². The van der Waals surface area contributed by atoms with Crippen molar-refractivity contribution in [1.29, 1.82) is 5.26 Å². The highest BCUT2D eigenvalue weighted by molar-refractivity contribution is 7.14. The van der Waals surface area contributed by atoms with Crippen LogP contribution in [-0.4, -0.2) is 28.7 Å². The predicted octanol–water partition coefficient (Wildman–Crippen LogP) is 2.98. The molecule has 3 rings (SSSR count). The summed E-state index contributed by atoms with van der Waals surface area (Å²) in [5.74, 6) is -2.10. The van der Waals surface area contributed by atoms with Gasteiger partial charge in [0.25, 0.3) is 5.91 Å². The normalized spacial score (nSPS) is 10.3. The van der Waals surface area contributed by atoms with E-state index in [0.717, 1.165) is 6.07 Å². The summed E-state index contributed by atoms with van der Waals surface area (Å²) in [7, 11) is 0. The lowest BCUT2D eigenvalue weighted by Gasteiger charge is -2.10. The van der Waals surface area contributed by atoms with E-state index in [2.05, 4.69) is 5.32 Å². The molecule has 7 nitrogen and oxygen atoms in total. The molecular weight excluding hydrogens is 356 g/mol. The van der Waals surface area contributed by atoms with Crippen molar-refractivity contribution >= 4 is 39.0 Å². The Bertz CT molecular complexity index is 1050. The summed E-state index contributed by atoms with van der Waals surface area (Å²) in [5, 5.41) is 34.3. The number of carbonyl (C=O) groups excluding carboxylic acids is 2. The van der Waals surface area contributed by atoms with Crippen LogP contribution in [0.4, 0.5) is 5.00 Å². The standard InChI is InChI=1S/C18H12N2O5S/c19-8-10-5-6-26-17(10)20-15(22)9-25-18(24)13-7-14(21)11-3-1-2-4-12(11)16(13)23/h1-7,21,23H,9H2,(H,20,22).